The van der Waals surface area contributed by atoms with Crippen LogP contribution in [0.3, 0.4) is 0 Å². The standard InChI is InChI=1S/C18H26O/c1-12(2)14-10-15-9-8-13-6-4-5-7-16(13)18(15,3)17(19)11-14/h8,14-16H,1,4-7,9-11H2,2-3H3/t14-,15-,16+,18+/m1/s1. The van der Waals surface area contributed by atoms with E-state index in [0.717, 1.165) is 12.8 Å². The number of carbonyl (C=O) groups excluding carboxylic acids is 1. The summed E-state index contributed by atoms with van der Waals surface area (Å²) in [6.07, 6.45) is 10.6. The molecule has 0 aromatic carbocycles. The van der Waals surface area contributed by atoms with Crippen LogP contribution in [0.5, 0.6) is 0 Å². The first-order valence-corrected chi connectivity index (χ1v) is 7.91. The molecule has 19 heavy (non-hydrogen) atoms. The number of hydrogen-bond donors (Lipinski definition) is 0. The molecule has 1 heteroatoms. The molecule has 0 spiro atoms. The van der Waals surface area contributed by atoms with Crippen molar-refractivity contribution in [3.63, 3.8) is 0 Å². The summed E-state index contributed by atoms with van der Waals surface area (Å²) in [7, 11) is 0. The van der Waals surface area contributed by atoms with Crippen LogP contribution in [0.1, 0.15) is 58.8 Å². The summed E-state index contributed by atoms with van der Waals surface area (Å²) in [5.41, 5.74) is 2.75. The highest BCUT2D eigenvalue weighted by molar-refractivity contribution is 5.87. The van der Waals surface area contributed by atoms with Gasteiger partial charge in [0, 0.05) is 11.8 Å². The molecule has 0 aliphatic heterocycles. The van der Waals surface area contributed by atoms with Crippen LogP contribution >= 0.6 is 0 Å². The van der Waals surface area contributed by atoms with Crippen molar-refractivity contribution in [2.24, 2.45) is 23.2 Å². The van der Waals surface area contributed by atoms with E-state index in [-0.39, 0.29) is 5.41 Å². The summed E-state index contributed by atoms with van der Waals surface area (Å²) in [6.45, 7) is 8.45. The van der Waals surface area contributed by atoms with Gasteiger partial charge in [0.25, 0.3) is 0 Å². The average Bonchev–Trinajstić information content (AvgIpc) is 2.40. The maximum absolute atomic E-state index is 12.9. The number of carbonyl (C=O) groups is 1. The Kier molecular flexibility index (Phi) is 3.19. The molecule has 0 radical (unpaired) electrons. The van der Waals surface area contributed by atoms with Gasteiger partial charge in [0.2, 0.25) is 0 Å². The third-order valence-electron chi connectivity index (χ3n) is 6.19. The van der Waals surface area contributed by atoms with Gasteiger partial charge in [-0.15, -0.1) is 0 Å². The molecule has 3 aliphatic rings. The molecule has 4 atom stereocenters. The Bertz CT molecular complexity index is 445. The molecular formula is C18H26O. The molecule has 3 rings (SSSR count). The Balaban J connectivity index is 1.94. The smallest absolute Gasteiger partial charge is 0.140 e. The van der Waals surface area contributed by atoms with Crippen LogP contribution < -0.4 is 0 Å². The Morgan fingerprint density at radius 3 is 2.95 bits per heavy atom. The molecule has 0 heterocycles. The van der Waals surface area contributed by atoms with E-state index >= 15 is 0 Å². The highest BCUT2D eigenvalue weighted by Gasteiger charge is 2.53. The van der Waals surface area contributed by atoms with Crippen LogP contribution in [-0.2, 0) is 4.79 Å². The van der Waals surface area contributed by atoms with Crippen LogP contribution in [0.25, 0.3) is 0 Å². The second-order valence-corrected chi connectivity index (χ2v) is 7.20. The lowest BCUT2D eigenvalue weighted by molar-refractivity contribution is -0.140. The van der Waals surface area contributed by atoms with Gasteiger partial charge in [0.15, 0.2) is 0 Å². The molecule has 2 fully saturated rings. The van der Waals surface area contributed by atoms with E-state index in [1.807, 2.05) is 0 Å². The van der Waals surface area contributed by atoms with Gasteiger partial charge in [-0.3, -0.25) is 4.79 Å². The first-order valence-electron chi connectivity index (χ1n) is 7.91. The van der Waals surface area contributed by atoms with E-state index in [2.05, 4.69) is 26.5 Å². The summed E-state index contributed by atoms with van der Waals surface area (Å²) in [5, 5.41) is 0. The number of rotatable bonds is 1. The molecule has 104 valence electrons. The van der Waals surface area contributed by atoms with Crippen molar-refractivity contribution in [2.45, 2.75) is 58.8 Å². The maximum atomic E-state index is 12.9. The van der Waals surface area contributed by atoms with Crippen LogP contribution in [0.2, 0.25) is 0 Å². The average molecular weight is 258 g/mol. The van der Waals surface area contributed by atoms with Gasteiger partial charge in [-0.1, -0.05) is 37.1 Å². The van der Waals surface area contributed by atoms with Crippen LogP contribution in [0, 0.1) is 23.2 Å². The zero-order chi connectivity index (χ0) is 13.6. The fraction of sp³-hybridized carbons (Fsp3) is 0.722. The Morgan fingerprint density at radius 1 is 1.42 bits per heavy atom. The predicted molar refractivity (Wildman–Crippen MR) is 78.8 cm³/mol. The van der Waals surface area contributed by atoms with E-state index in [4.69, 9.17) is 0 Å². The molecule has 0 aromatic heterocycles. The first kappa shape index (κ1) is 13.1. The molecule has 2 saturated carbocycles. The normalized spacial score (nSPS) is 42.1. The van der Waals surface area contributed by atoms with Gasteiger partial charge >= 0.3 is 0 Å². The Hall–Kier alpha value is -0.850. The SMILES string of the molecule is C=C(C)[C@H]1CC(=O)[C@@]2(C)[C@H](CC=C3CCCC[C@@H]32)C1. The van der Waals surface area contributed by atoms with Crippen LogP contribution in [-0.4, -0.2) is 5.78 Å². The van der Waals surface area contributed by atoms with Gasteiger partial charge in [-0.2, -0.15) is 0 Å². The third kappa shape index (κ3) is 1.93. The number of hydrogen-bond acceptors (Lipinski definition) is 1. The van der Waals surface area contributed by atoms with E-state index < -0.39 is 0 Å². The Labute approximate surface area is 117 Å². The molecule has 0 unspecified atom stereocenters. The molecule has 0 amide bonds. The summed E-state index contributed by atoms with van der Waals surface area (Å²) in [5.74, 6) is 2.07. The fourth-order valence-corrected chi connectivity index (χ4v) is 4.80. The van der Waals surface area contributed by atoms with Crippen molar-refractivity contribution < 1.29 is 4.79 Å². The van der Waals surface area contributed by atoms with E-state index in [1.165, 1.54) is 37.7 Å². The molecule has 0 saturated heterocycles. The minimum absolute atomic E-state index is 0.0591. The van der Waals surface area contributed by atoms with Gasteiger partial charge in [-0.05, 0) is 56.8 Å². The summed E-state index contributed by atoms with van der Waals surface area (Å²) in [6, 6.07) is 0. The third-order valence-corrected chi connectivity index (χ3v) is 6.19. The van der Waals surface area contributed by atoms with Gasteiger partial charge in [0.05, 0.1) is 0 Å². The monoisotopic (exact) mass is 258 g/mol. The summed E-state index contributed by atoms with van der Waals surface area (Å²) in [4.78, 5) is 12.9. The van der Waals surface area contributed by atoms with Crippen LogP contribution in [0.15, 0.2) is 23.8 Å². The van der Waals surface area contributed by atoms with E-state index in [0.29, 0.717) is 23.5 Å². The topological polar surface area (TPSA) is 17.1 Å². The summed E-state index contributed by atoms with van der Waals surface area (Å²) < 4.78 is 0. The number of fused-ring (bicyclic) bond motifs is 3. The largest absolute Gasteiger partial charge is 0.299 e. The van der Waals surface area contributed by atoms with Gasteiger partial charge in [0.1, 0.15) is 5.78 Å². The first-order chi connectivity index (χ1) is 9.03. The fourth-order valence-electron chi connectivity index (χ4n) is 4.80. The zero-order valence-electron chi connectivity index (χ0n) is 12.4. The van der Waals surface area contributed by atoms with Crippen molar-refractivity contribution in [3.05, 3.63) is 23.8 Å². The number of Topliss-reactive ketones (excluding diaryl/α,β-unsaturated/α-hetero) is 1. The number of allylic oxidation sites excluding steroid dienone is 3. The highest BCUT2D eigenvalue weighted by Crippen LogP contribution is 2.56. The van der Waals surface area contributed by atoms with Crippen molar-refractivity contribution in [1.82, 2.24) is 0 Å². The lowest BCUT2D eigenvalue weighted by Gasteiger charge is -2.52. The molecule has 0 N–H and O–H groups in total. The predicted octanol–water partition coefficient (Wildman–Crippen LogP) is 4.68. The van der Waals surface area contributed by atoms with Crippen molar-refractivity contribution in [1.29, 1.82) is 0 Å². The molecule has 1 nitrogen and oxygen atoms in total. The van der Waals surface area contributed by atoms with Gasteiger partial charge in [-0.25, -0.2) is 0 Å². The second kappa shape index (κ2) is 4.61. The maximum Gasteiger partial charge on any atom is 0.140 e. The van der Waals surface area contributed by atoms with Gasteiger partial charge < -0.3 is 0 Å². The summed E-state index contributed by atoms with van der Waals surface area (Å²) >= 11 is 0. The Morgan fingerprint density at radius 2 is 2.21 bits per heavy atom. The molecule has 3 aliphatic carbocycles. The van der Waals surface area contributed by atoms with Crippen molar-refractivity contribution in [2.75, 3.05) is 0 Å². The van der Waals surface area contributed by atoms with E-state index in [1.54, 1.807) is 5.57 Å². The molecule has 0 bridgehead atoms. The lowest BCUT2D eigenvalue weighted by Crippen LogP contribution is -2.50. The molecular weight excluding hydrogens is 232 g/mol. The lowest BCUT2D eigenvalue weighted by atomic mass is 9.51. The quantitative estimate of drug-likeness (QED) is 0.624. The number of ketones is 1. The van der Waals surface area contributed by atoms with E-state index in [9.17, 15) is 4.79 Å². The highest BCUT2D eigenvalue weighted by atomic mass is 16.1. The van der Waals surface area contributed by atoms with Crippen molar-refractivity contribution in [3.8, 4) is 0 Å². The van der Waals surface area contributed by atoms with Crippen LogP contribution in [0.4, 0.5) is 0 Å². The molecule has 0 aromatic rings. The van der Waals surface area contributed by atoms with Crippen molar-refractivity contribution >= 4 is 5.78 Å². The minimum Gasteiger partial charge on any atom is -0.299 e. The minimum atomic E-state index is -0.0591. The zero-order valence-corrected chi connectivity index (χ0v) is 12.4. The second-order valence-electron chi connectivity index (χ2n) is 7.20.